The Labute approximate surface area is 173 Å². The van der Waals surface area contributed by atoms with E-state index < -0.39 is 17.9 Å². The molecule has 0 aliphatic heterocycles. The molecule has 0 saturated carbocycles. The first-order valence-corrected chi connectivity index (χ1v) is 9.55. The molecular weight excluding hydrogens is 392 g/mol. The van der Waals surface area contributed by atoms with Gasteiger partial charge in [-0.25, -0.2) is 9.78 Å². The number of carbonyl (C=O) groups excluding carboxylic acids is 2. The average molecular weight is 413 g/mol. The first kappa shape index (κ1) is 20.6. The molecule has 0 aliphatic rings. The second kappa shape index (κ2) is 9.39. The zero-order valence-electron chi connectivity index (χ0n) is 16.1. The highest BCUT2D eigenvalue weighted by Gasteiger charge is 2.27. The summed E-state index contributed by atoms with van der Waals surface area (Å²) in [6, 6.07) is 15.3. The fraction of sp³-hybridized carbons (Fsp3) is 0.227. The molecule has 2 aromatic carbocycles. The fourth-order valence-electron chi connectivity index (χ4n) is 2.68. The highest BCUT2D eigenvalue weighted by atomic mass is 35.5. The quantitative estimate of drug-likeness (QED) is 0.578. The van der Waals surface area contributed by atoms with Crippen molar-refractivity contribution in [3.63, 3.8) is 0 Å². The van der Waals surface area contributed by atoms with E-state index in [9.17, 15) is 9.59 Å². The number of nitrogens with zero attached hydrogens (tertiary/aromatic N) is 1. The third kappa shape index (κ3) is 5.23. The number of amides is 1. The first-order chi connectivity index (χ1) is 14.0. The average Bonchev–Trinajstić information content (AvgIpc) is 3.20. The molecule has 0 saturated heterocycles. The van der Waals surface area contributed by atoms with E-state index in [2.05, 4.69) is 10.3 Å². The van der Waals surface area contributed by atoms with E-state index in [0.717, 1.165) is 5.56 Å². The van der Waals surface area contributed by atoms with E-state index in [1.165, 1.54) is 6.26 Å². The van der Waals surface area contributed by atoms with Crippen LogP contribution in [-0.4, -0.2) is 22.9 Å². The minimum atomic E-state index is -0.820. The summed E-state index contributed by atoms with van der Waals surface area (Å²) >= 11 is 6.06. The molecule has 7 heteroatoms. The van der Waals surface area contributed by atoms with E-state index >= 15 is 0 Å². The lowest BCUT2D eigenvalue weighted by Crippen LogP contribution is -2.45. The van der Waals surface area contributed by atoms with Crippen LogP contribution < -0.4 is 5.32 Å². The van der Waals surface area contributed by atoms with E-state index in [4.69, 9.17) is 20.8 Å². The molecule has 0 fully saturated rings. The lowest BCUT2D eigenvalue weighted by molar-refractivity contribution is -0.148. The molecule has 29 heavy (non-hydrogen) atoms. The molecule has 0 aliphatic carbocycles. The van der Waals surface area contributed by atoms with Gasteiger partial charge in [-0.15, -0.1) is 0 Å². The molecule has 1 N–H and O–H groups in total. The van der Waals surface area contributed by atoms with Crippen LogP contribution in [0.15, 0.2) is 65.3 Å². The van der Waals surface area contributed by atoms with Crippen molar-refractivity contribution in [1.29, 1.82) is 0 Å². The second-order valence-corrected chi connectivity index (χ2v) is 7.20. The number of hydrogen-bond donors (Lipinski definition) is 1. The Morgan fingerprint density at radius 2 is 1.79 bits per heavy atom. The predicted octanol–water partition coefficient (Wildman–Crippen LogP) is 4.49. The molecule has 0 unspecified atom stereocenters. The van der Waals surface area contributed by atoms with Crippen LogP contribution in [0.5, 0.6) is 0 Å². The fourth-order valence-corrected chi connectivity index (χ4v) is 2.91. The summed E-state index contributed by atoms with van der Waals surface area (Å²) < 4.78 is 10.8. The van der Waals surface area contributed by atoms with Crippen LogP contribution in [0.3, 0.4) is 0 Å². The second-order valence-electron chi connectivity index (χ2n) is 6.79. The van der Waals surface area contributed by atoms with E-state index in [1.807, 2.05) is 44.2 Å². The van der Waals surface area contributed by atoms with Gasteiger partial charge in [0.15, 0.2) is 0 Å². The molecule has 0 radical (unpaired) electrons. The van der Waals surface area contributed by atoms with Crippen LogP contribution in [-0.2, 0) is 16.1 Å². The Hall–Kier alpha value is -3.12. The van der Waals surface area contributed by atoms with Gasteiger partial charge >= 0.3 is 5.97 Å². The Balaban J connectivity index is 1.62. The molecule has 1 atom stereocenters. The van der Waals surface area contributed by atoms with Gasteiger partial charge in [-0.2, -0.15) is 0 Å². The maximum Gasteiger partial charge on any atom is 0.329 e. The van der Waals surface area contributed by atoms with E-state index in [0.29, 0.717) is 22.2 Å². The van der Waals surface area contributed by atoms with Gasteiger partial charge in [0.05, 0.1) is 10.6 Å². The van der Waals surface area contributed by atoms with Crippen LogP contribution in [0.4, 0.5) is 0 Å². The van der Waals surface area contributed by atoms with Gasteiger partial charge in [-0.3, -0.25) is 4.79 Å². The maximum absolute atomic E-state index is 12.6. The summed E-state index contributed by atoms with van der Waals surface area (Å²) in [6.07, 6.45) is 1.45. The van der Waals surface area contributed by atoms with Gasteiger partial charge in [0.25, 0.3) is 5.91 Å². The zero-order chi connectivity index (χ0) is 20.8. The summed E-state index contributed by atoms with van der Waals surface area (Å²) in [5.41, 5.74) is 1.62. The third-order valence-electron chi connectivity index (χ3n) is 4.26. The Kier molecular flexibility index (Phi) is 6.67. The number of esters is 1. The van der Waals surface area contributed by atoms with Crippen molar-refractivity contribution in [2.75, 3.05) is 0 Å². The molecule has 1 heterocycles. The van der Waals surface area contributed by atoms with Gasteiger partial charge in [0.1, 0.15) is 24.6 Å². The molecule has 0 bridgehead atoms. The summed E-state index contributed by atoms with van der Waals surface area (Å²) in [6.45, 7) is 3.59. The van der Waals surface area contributed by atoms with Gasteiger partial charge in [0.2, 0.25) is 5.89 Å². The monoisotopic (exact) mass is 412 g/mol. The zero-order valence-corrected chi connectivity index (χ0v) is 16.8. The van der Waals surface area contributed by atoms with Gasteiger partial charge < -0.3 is 14.5 Å². The molecule has 6 nitrogen and oxygen atoms in total. The minimum absolute atomic E-state index is 0.0552. The largest absolute Gasteiger partial charge is 0.458 e. The summed E-state index contributed by atoms with van der Waals surface area (Å²) in [4.78, 5) is 29.4. The van der Waals surface area contributed by atoms with Crippen molar-refractivity contribution in [2.24, 2.45) is 5.92 Å². The van der Waals surface area contributed by atoms with Crippen LogP contribution in [0.1, 0.15) is 29.9 Å². The number of hydrogen-bond acceptors (Lipinski definition) is 5. The summed E-state index contributed by atoms with van der Waals surface area (Å²) in [7, 11) is 0. The number of aromatic nitrogens is 1. The minimum Gasteiger partial charge on any atom is -0.458 e. The molecule has 1 aromatic heterocycles. The van der Waals surface area contributed by atoms with Crippen molar-refractivity contribution in [3.8, 4) is 11.5 Å². The standard InChI is InChI=1S/C22H21ClN2O4/c1-14(2)19(25-20(26)17-10-6-7-11-18(17)23)22(27)29-13-16-12-28-21(24-16)15-8-4-3-5-9-15/h3-12,14,19H,13H2,1-2H3,(H,25,26)/t19-/m0/s1. The molecule has 3 aromatic rings. The normalized spacial score (nSPS) is 11.9. The number of ether oxygens (including phenoxy) is 1. The van der Waals surface area contributed by atoms with Crippen molar-refractivity contribution in [3.05, 3.63) is 77.1 Å². The number of oxazole rings is 1. The number of carbonyl (C=O) groups is 2. The van der Waals surface area contributed by atoms with Crippen LogP contribution >= 0.6 is 11.6 Å². The molecule has 1 amide bonds. The topological polar surface area (TPSA) is 81.4 Å². The van der Waals surface area contributed by atoms with Crippen LogP contribution in [0, 0.1) is 5.92 Å². The lowest BCUT2D eigenvalue weighted by Gasteiger charge is -2.21. The first-order valence-electron chi connectivity index (χ1n) is 9.17. The van der Waals surface area contributed by atoms with Crippen molar-refractivity contribution in [1.82, 2.24) is 10.3 Å². The van der Waals surface area contributed by atoms with Crippen LogP contribution in [0.25, 0.3) is 11.5 Å². The Morgan fingerprint density at radius 3 is 2.48 bits per heavy atom. The highest BCUT2D eigenvalue weighted by Crippen LogP contribution is 2.19. The summed E-state index contributed by atoms with van der Waals surface area (Å²) in [5.74, 6) is -0.709. The Morgan fingerprint density at radius 1 is 1.10 bits per heavy atom. The third-order valence-corrected chi connectivity index (χ3v) is 4.59. The van der Waals surface area contributed by atoms with Gasteiger partial charge in [-0.05, 0) is 30.2 Å². The van der Waals surface area contributed by atoms with Crippen LogP contribution in [0.2, 0.25) is 5.02 Å². The molecule has 0 spiro atoms. The van der Waals surface area contributed by atoms with Gasteiger partial charge in [0, 0.05) is 5.56 Å². The number of benzene rings is 2. The smallest absolute Gasteiger partial charge is 0.329 e. The van der Waals surface area contributed by atoms with E-state index in [-0.39, 0.29) is 12.5 Å². The summed E-state index contributed by atoms with van der Waals surface area (Å²) in [5, 5.41) is 3.02. The maximum atomic E-state index is 12.6. The van der Waals surface area contributed by atoms with Crippen molar-refractivity contribution >= 4 is 23.5 Å². The number of halogens is 1. The van der Waals surface area contributed by atoms with E-state index in [1.54, 1.807) is 24.3 Å². The number of rotatable bonds is 7. The predicted molar refractivity (Wildman–Crippen MR) is 109 cm³/mol. The van der Waals surface area contributed by atoms with Crippen molar-refractivity contribution in [2.45, 2.75) is 26.5 Å². The highest BCUT2D eigenvalue weighted by molar-refractivity contribution is 6.33. The van der Waals surface area contributed by atoms with Crippen molar-refractivity contribution < 1.29 is 18.7 Å². The lowest BCUT2D eigenvalue weighted by atomic mass is 10.0. The molecule has 3 rings (SSSR count). The SMILES string of the molecule is CC(C)[C@H](NC(=O)c1ccccc1Cl)C(=O)OCc1coc(-c2ccccc2)n1. The number of nitrogens with one attached hydrogen (secondary N) is 1. The Bertz CT molecular complexity index is 985. The molecular formula is C22H21ClN2O4. The molecule has 150 valence electrons. The van der Waals surface area contributed by atoms with Gasteiger partial charge in [-0.1, -0.05) is 55.8 Å².